The third-order valence-electron chi connectivity index (χ3n) is 5.72. The molecule has 162 valence electrons. The van der Waals surface area contributed by atoms with E-state index in [0.29, 0.717) is 30.1 Å². The predicted molar refractivity (Wildman–Crippen MR) is 122 cm³/mol. The number of benzene rings is 2. The summed E-state index contributed by atoms with van der Waals surface area (Å²) < 4.78 is 27.6. The fourth-order valence-corrected chi connectivity index (χ4v) is 5.74. The second-order valence-electron chi connectivity index (χ2n) is 7.66. The van der Waals surface area contributed by atoms with Crippen molar-refractivity contribution in [2.45, 2.75) is 57.8 Å². The van der Waals surface area contributed by atoms with Crippen LogP contribution in [0.25, 0.3) is 0 Å². The normalized spacial score (nSPS) is 15.2. The van der Waals surface area contributed by atoms with Gasteiger partial charge in [-0.15, -0.1) is 0 Å². The number of aryl methyl sites for hydroxylation is 2. The van der Waals surface area contributed by atoms with Crippen LogP contribution in [0.2, 0.25) is 5.02 Å². The van der Waals surface area contributed by atoms with Gasteiger partial charge in [0.1, 0.15) is 0 Å². The Morgan fingerprint density at radius 2 is 1.77 bits per heavy atom. The van der Waals surface area contributed by atoms with Crippen LogP contribution < -0.4 is 5.32 Å². The molecule has 1 heterocycles. The van der Waals surface area contributed by atoms with E-state index in [0.717, 1.165) is 48.1 Å². The van der Waals surface area contributed by atoms with Crippen LogP contribution in [-0.2, 0) is 22.9 Å². The van der Waals surface area contributed by atoms with Gasteiger partial charge >= 0.3 is 0 Å². The maximum Gasteiger partial charge on any atom is 0.255 e. The Bertz CT molecular complexity index is 1040. The molecule has 1 N–H and O–H groups in total. The van der Waals surface area contributed by atoms with Crippen LogP contribution >= 0.6 is 11.6 Å². The lowest BCUT2D eigenvalue weighted by Gasteiger charge is -2.26. The Hall–Kier alpha value is -1.89. The molecule has 0 aromatic heterocycles. The summed E-state index contributed by atoms with van der Waals surface area (Å²) in [7, 11) is -3.61. The van der Waals surface area contributed by atoms with E-state index in [2.05, 4.69) is 5.32 Å². The number of rotatable bonds is 6. The number of piperidine rings is 1. The molecule has 1 amide bonds. The van der Waals surface area contributed by atoms with Crippen LogP contribution in [0.3, 0.4) is 0 Å². The summed E-state index contributed by atoms with van der Waals surface area (Å²) in [5, 5.41) is 3.62. The Morgan fingerprint density at radius 1 is 1.07 bits per heavy atom. The van der Waals surface area contributed by atoms with Gasteiger partial charge in [0.15, 0.2) is 0 Å². The molecule has 0 saturated carbocycles. The smallest absolute Gasteiger partial charge is 0.255 e. The second-order valence-corrected chi connectivity index (χ2v) is 10.0. The van der Waals surface area contributed by atoms with Gasteiger partial charge in [-0.25, -0.2) is 8.42 Å². The summed E-state index contributed by atoms with van der Waals surface area (Å²) >= 11 is 6.35. The van der Waals surface area contributed by atoms with Crippen molar-refractivity contribution in [1.82, 2.24) is 4.31 Å². The number of carbonyl (C=O) groups excluding carboxylic acids is 1. The highest BCUT2D eigenvalue weighted by atomic mass is 35.5. The molecule has 7 heteroatoms. The molecule has 1 aliphatic heterocycles. The van der Waals surface area contributed by atoms with E-state index in [-0.39, 0.29) is 10.8 Å². The van der Waals surface area contributed by atoms with Crippen molar-refractivity contribution in [3.05, 3.63) is 57.6 Å². The minimum Gasteiger partial charge on any atom is -0.321 e. The Labute approximate surface area is 184 Å². The van der Waals surface area contributed by atoms with E-state index in [1.54, 1.807) is 12.1 Å². The zero-order chi connectivity index (χ0) is 21.9. The van der Waals surface area contributed by atoms with E-state index in [1.807, 2.05) is 32.9 Å². The minimum absolute atomic E-state index is 0.165. The fraction of sp³-hybridized carbons (Fsp3) is 0.435. The van der Waals surface area contributed by atoms with E-state index >= 15 is 0 Å². The van der Waals surface area contributed by atoms with Gasteiger partial charge in [-0.05, 0) is 67.5 Å². The summed E-state index contributed by atoms with van der Waals surface area (Å²) in [6.07, 6.45) is 4.22. The molecular weight excluding hydrogens is 420 g/mol. The Kier molecular flexibility index (Phi) is 7.22. The number of halogens is 1. The molecule has 1 saturated heterocycles. The molecule has 0 unspecified atom stereocenters. The maximum absolute atomic E-state index is 13.2. The number of hydrogen-bond donors (Lipinski definition) is 1. The molecule has 3 rings (SSSR count). The highest BCUT2D eigenvalue weighted by Crippen LogP contribution is 2.30. The number of carbonyl (C=O) groups is 1. The molecule has 0 radical (unpaired) electrons. The third-order valence-corrected chi connectivity index (χ3v) is 7.97. The number of sulfonamides is 1. The van der Waals surface area contributed by atoms with Crippen molar-refractivity contribution in [1.29, 1.82) is 0 Å². The molecule has 0 atom stereocenters. The first-order valence-corrected chi connectivity index (χ1v) is 12.3. The fourth-order valence-electron chi connectivity index (χ4n) is 3.91. The maximum atomic E-state index is 13.2. The molecule has 2 aromatic rings. The van der Waals surface area contributed by atoms with Gasteiger partial charge in [0.05, 0.1) is 4.90 Å². The lowest BCUT2D eigenvalue weighted by molar-refractivity contribution is 0.102. The van der Waals surface area contributed by atoms with Gasteiger partial charge in [-0.2, -0.15) is 4.31 Å². The largest absolute Gasteiger partial charge is 0.321 e. The number of amides is 1. The van der Waals surface area contributed by atoms with Gasteiger partial charge in [-0.1, -0.05) is 44.0 Å². The van der Waals surface area contributed by atoms with Crippen LogP contribution in [0.4, 0.5) is 5.69 Å². The molecule has 0 bridgehead atoms. The van der Waals surface area contributed by atoms with Gasteiger partial charge in [0, 0.05) is 29.4 Å². The monoisotopic (exact) mass is 448 g/mol. The lowest BCUT2D eigenvalue weighted by Crippen LogP contribution is -2.35. The first-order valence-electron chi connectivity index (χ1n) is 10.5. The third kappa shape index (κ3) is 4.56. The van der Waals surface area contributed by atoms with Crippen molar-refractivity contribution in [3.63, 3.8) is 0 Å². The van der Waals surface area contributed by atoms with Crippen molar-refractivity contribution < 1.29 is 13.2 Å². The highest BCUT2D eigenvalue weighted by Gasteiger charge is 2.27. The first kappa shape index (κ1) is 22.8. The number of nitrogens with zero attached hydrogens (tertiary/aromatic N) is 1. The summed E-state index contributed by atoms with van der Waals surface area (Å²) in [4.78, 5) is 13.3. The average Bonchev–Trinajstić information content (AvgIpc) is 2.75. The highest BCUT2D eigenvalue weighted by molar-refractivity contribution is 7.89. The van der Waals surface area contributed by atoms with Crippen molar-refractivity contribution in [2.75, 3.05) is 18.4 Å². The standard InChI is InChI=1S/C23H29ClN2O3S/c1-4-17-10-12-21(24)19(5-2)22(17)25-23(27)20-15-18(11-9-16(20)3)30(28,29)26-13-7-6-8-14-26/h9-12,15H,4-8,13-14H2,1-3H3,(H,25,27). The van der Waals surface area contributed by atoms with Crippen molar-refractivity contribution in [2.24, 2.45) is 0 Å². The van der Waals surface area contributed by atoms with Crippen LogP contribution in [0.15, 0.2) is 35.2 Å². The van der Waals surface area contributed by atoms with Gasteiger partial charge in [-0.3, -0.25) is 4.79 Å². The quantitative estimate of drug-likeness (QED) is 0.660. The minimum atomic E-state index is -3.61. The summed E-state index contributed by atoms with van der Waals surface area (Å²) in [5.74, 6) is -0.324. The molecule has 5 nitrogen and oxygen atoms in total. The number of hydrogen-bond acceptors (Lipinski definition) is 3. The predicted octanol–water partition coefficient (Wildman–Crippen LogP) is 5.20. The van der Waals surface area contributed by atoms with Crippen molar-refractivity contribution in [3.8, 4) is 0 Å². The van der Waals surface area contributed by atoms with E-state index in [9.17, 15) is 13.2 Å². The molecule has 30 heavy (non-hydrogen) atoms. The summed E-state index contributed by atoms with van der Waals surface area (Å²) in [6, 6.07) is 8.55. The number of anilines is 1. The van der Waals surface area contributed by atoms with Crippen LogP contribution in [0, 0.1) is 6.92 Å². The molecule has 0 spiro atoms. The van der Waals surface area contributed by atoms with Gasteiger partial charge in [0.25, 0.3) is 5.91 Å². The summed E-state index contributed by atoms with van der Waals surface area (Å²) in [5.41, 5.74) is 3.69. The zero-order valence-electron chi connectivity index (χ0n) is 17.8. The van der Waals surface area contributed by atoms with Crippen molar-refractivity contribution >= 4 is 33.2 Å². The van der Waals surface area contributed by atoms with E-state index in [1.165, 1.54) is 10.4 Å². The molecule has 1 fully saturated rings. The lowest BCUT2D eigenvalue weighted by atomic mass is 10.0. The topological polar surface area (TPSA) is 66.5 Å². The summed E-state index contributed by atoms with van der Waals surface area (Å²) in [6.45, 7) is 6.88. The molecule has 2 aromatic carbocycles. The van der Waals surface area contributed by atoms with Gasteiger partial charge in [0.2, 0.25) is 10.0 Å². The van der Waals surface area contributed by atoms with Crippen LogP contribution in [-0.4, -0.2) is 31.7 Å². The second kappa shape index (κ2) is 9.50. The van der Waals surface area contributed by atoms with Gasteiger partial charge < -0.3 is 5.32 Å². The first-order chi connectivity index (χ1) is 14.3. The number of nitrogens with one attached hydrogen (secondary N) is 1. The average molecular weight is 449 g/mol. The Morgan fingerprint density at radius 3 is 2.40 bits per heavy atom. The van der Waals surface area contributed by atoms with E-state index in [4.69, 9.17) is 11.6 Å². The molecule has 0 aliphatic carbocycles. The Balaban J connectivity index is 1.96. The SMILES string of the molecule is CCc1ccc(Cl)c(CC)c1NC(=O)c1cc(S(=O)(=O)N2CCCCC2)ccc1C. The van der Waals surface area contributed by atoms with Crippen LogP contribution in [0.5, 0.6) is 0 Å². The van der Waals surface area contributed by atoms with Crippen LogP contribution in [0.1, 0.15) is 60.2 Å². The zero-order valence-corrected chi connectivity index (χ0v) is 19.4. The molecular formula is C23H29ClN2O3S. The molecule has 1 aliphatic rings. The van der Waals surface area contributed by atoms with E-state index < -0.39 is 10.0 Å².